The van der Waals surface area contributed by atoms with Crippen LogP contribution in [0.2, 0.25) is 0 Å². The molecule has 0 saturated heterocycles. The van der Waals surface area contributed by atoms with Gasteiger partial charge in [0.25, 0.3) is 0 Å². The number of benzene rings is 10. The monoisotopic (exact) mass is 888 g/mol. The maximum absolute atomic E-state index is 5.69. The fourth-order valence-corrected chi connectivity index (χ4v) is 9.81. The third kappa shape index (κ3) is 8.08. The fourth-order valence-electron chi connectivity index (χ4n) is 9.81. The molecular formula is C64H60N2O2. The molecule has 0 radical (unpaired) electrons. The van der Waals surface area contributed by atoms with Crippen LogP contribution in [0.5, 0.6) is 11.5 Å². The van der Waals surface area contributed by atoms with Crippen LogP contribution in [0, 0.1) is 13.8 Å². The Balaban J connectivity index is 1.36. The molecule has 0 aliphatic rings. The molecule has 0 unspecified atom stereocenters. The lowest BCUT2D eigenvalue weighted by molar-refractivity contribution is 0.414. The highest BCUT2D eigenvalue weighted by atomic mass is 16.5. The molecule has 10 aromatic rings. The summed E-state index contributed by atoms with van der Waals surface area (Å²) in [6.07, 6.45) is 0. The summed E-state index contributed by atoms with van der Waals surface area (Å²) in [4.78, 5) is 4.83. The highest BCUT2D eigenvalue weighted by Crippen LogP contribution is 2.52. The highest BCUT2D eigenvalue weighted by molar-refractivity contribution is 6.32. The molecular weight excluding hydrogens is 829 g/mol. The molecule has 4 nitrogen and oxygen atoms in total. The van der Waals surface area contributed by atoms with Gasteiger partial charge in [0, 0.05) is 44.3 Å². The summed E-state index contributed by atoms with van der Waals surface area (Å²) >= 11 is 0. The van der Waals surface area contributed by atoms with Crippen LogP contribution in [-0.2, 0) is 10.8 Å². The third-order valence-electron chi connectivity index (χ3n) is 13.7. The lowest BCUT2D eigenvalue weighted by atomic mass is 9.83. The molecule has 0 N–H and O–H groups in total. The molecule has 338 valence electrons. The van der Waals surface area contributed by atoms with Crippen LogP contribution in [0.4, 0.5) is 34.1 Å². The van der Waals surface area contributed by atoms with Crippen molar-refractivity contribution in [3.63, 3.8) is 0 Å². The first-order chi connectivity index (χ1) is 32.7. The van der Waals surface area contributed by atoms with Gasteiger partial charge in [-0.1, -0.05) is 150 Å². The van der Waals surface area contributed by atoms with E-state index in [1.165, 1.54) is 76.8 Å². The lowest BCUT2D eigenvalue weighted by Gasteiger charge is -2.31. The van der Waals surface area contributed by atoms with E-state index in [-0.39, 0.29) is 10.8 Å². The molecule has 0 atom stereocenters. The smallest absolute Gasteiger partial charge is 0.119 e. The minimum Gasteiger partial charge on any atom is -0.497 e. The molecule has 0 spiro atoms. The van der Waals surface area contributed by atoms with Gasteiger partial charge in [0.15, 0.2) is 0 Å². The normalized spacial score (nSPS) is 12.0. The zero-order valence-electron chi connectivity index (χ0n) is 41.0. The second kappa shape index (κ2) is 17.3. The van der Waals surface area contributed by atoms with Crippen LogP contribution >= 0.6 is 0 Å². The van der Waals surface area contributed by atoms with Crippen LogP contribution < -0.4 is 19.3 Å². The van der Waals surface area contributed by atoms with Crippen molar-refractivity contribution in [3.05, 3.63) is 204 Å². The average molecular weight is 889 g/mol. The van der Waals surface area contributed by atoms with Gasteiger partial charge in [-0.15, -0.1) is 0 Å². The molecule has 4 heteroatoms. The maximum Gasteiger partial charge on any atom is 0.119 e. The van der Waals surface area contributed by atoms with Gasteiger partial charge < -0.3 is 19.3 Å². The summed E-state index contributed by atoms with van der Waals surface area (Å²) in [5.74, 6) is 1.64. The molecule has 0 aliphatic heterocycles. The van der Waals surface area contributed by atoms with E-state index in [0.717, 1.165) is 45.6 Å². The standard InChI is InChI=1S/C64H60N2O2/c1-41-11-23-47(24-12-41)65(49-27-31-51(67-9)32-28-49)59-39-57(43-15-19-45(20-16-43)63(3,4)5)53-36-38-56-60(66(48-25-13-42(2)14-26-48)50-29-33-52(68-10)34-30-50)40-58(54-35-37-55(59)61(53)62(54)56)44-17-21-46(22-18-44)64(6,7)8/h11-40H,1-10H3. The van der Waals surface area contributed by atoms with Crippen molar-refractivity contribution in [1.82, 2.24) is 0 Å². The Hall–Kier alpha value is -7.56. The van der Waals surface area contributed by atoms with E-state index in [0.29, 0.717) is 0 Å². The van der Waals surface area contributed by atoms with Gasteiger partial charge in [-0.05, 0) is 154 Å². The van der Waals surface area contributed by atoms with E-state index in [1.807, 2.05) is 0 Å². The summed E-state index contributed by atoms with van der Waals surface area (Å²) in [6.45, 7) is 18.0. The van der Waals surface area contributed by atoms with E-state index in [4.69, 9.17) is 9.47 Å². The summed E-state index contributed by atoms with van der Waals surface area (Å²) in [5, 5.41) is 7.21. The van der Waals surface area contributed by atoms with Crippen molar-refractivity contribution in [1.29, 1.82) is 0 Å². The number of nitrogens with zero attached hydrogens (tertiary/aromatic N) is 2. The molecule has 10 aromatic carbocycles. The molecule has 0 aromatic heterocycles. The Morgan fingerprint density at radius 3 is 0.926 bits per heavy atom. The summed E-state index contributed by atoms with van der Waals surface area (Å²) in [6, 6.07) is 67.4. The average Bonchev–Trinajstić information content (AvgIpc) is 3.35. The van der Waals surface area contributed by atoms with Gasteiger partial charge in [-0.25, -0.2) is 0 Å². The fraction of sp³-hybridized carbons (Fsp3) is 0.188. The highest BCUT2D eigenvalue weighted by Gasteiger charge is 2.26. The van der Waals surface area contributed by atoms with Crippen molar-refractivity contribution in [2.45, 2.75) is 66.2 Å². The van der Waals surface area contributed by atoms with Gasteiger partial charge in [0.05, 0.1) is 25.6 Å². The quantitative estimate of drug-likeness (QED) is 0.128. The first-order valence-electron chi connectivity index (χ1n) is 23.7. The second-order valence-electron chi connectivity index (χ2n) is 20.4. The minimum absolute atomic E-state index is 0.0219. The zero-order valence-corrected chi connectivity index (χ0v) is 41.0. The number of aryl methyl sites for hydroxylation is 2. The number of ether oxygens (including phenoxy) is 2. The minimum atomic E-state index is 0.0219. The van der Waals surface area contributed by atoms with Crippen molar-refractivity contribution in [2.75, 3.05) is 24.0 Å². The van der Waals surface area contributed by atoms with E-state index in [9.17, 15) is 0 Å². The van der Waals surface area contributed by atoms with Crippen molar-refractivity contribution in [2.24, 2.45) is 0 Å². The number of methoxy groups -OCH3 is 2. The Bertz CT molecular complexity index is 3160. The second-order valence-corrected chi connectivity index (χ2v) is 20.4. The Kier molecular flexibility index (Phi) is 11.2. The van der Waals surface area contributed by atoms with E-state index in [1.54, 1.807) is 14.2 Å². The topological polar surface area (TPSA) is 24.9 Å². The molecule has 0 aliphatic carbocycles. The van der Waals surface area contributed by atoms with E-state index in [2.05, 4.69) is 247 Å². The molecule has 0 saturated carbocycles. The molecule has 10 rings (SSSR count). The van der Waals surface area contributed by atoms with Crippen molar-refractivity contribution >= 4 is 66.4 Å². The first-order valence-corrected chi connectivity index (χ1v) is 23.7. The van der Waals surface area contributed by atoms with Gasteiger partial charge in [0.2, 0.25) is 0 Å². The van der Waals surface area contributed by atoms with E-state index < -0.39 is 0 Å². The molecule has 0 heterocycles. The van der Waals surface area contributed by atoms with Crippen LogP contribution in [0.3, 0.4) is 0 Å². The van der Waals surface area contributed by atoms with Crippen LogP contribution in [-0.4, -0.2) is 14.2 Å². The lowest BCUT2D eigenvalue weighted by Crippen LogP contribution is -2.12. The van der Waals surface area contributed by atoms with Crippen LogP contribution in [0.15, 0.2) is 182 Å². The SMILES string of the molecule is COc1ccc(N(c2ccc(C)cc2)c2cc(-c3ccc(C(C)(C)C)cc3)c3ccc4c(N(c5ccc(C)cc5)c5ccc(OC)cc5)cc(-c5ccc(C(C)(C)C)cc5)c5ccc2c3c54)cc1. The summed E-state index contributed by atoms with van der Waals surface area (Å²) in [5.41, 5.74) is 16.2. The summed E-state index contributed by atoms with van der Waals surface area (Å²) < 4.78 is 11.4. The Labute approximate surface area is 402 Å². The Morgan fingerprint density at radius 1 is 0.338 bits per heavy atom. The summed E-state index contributed by atoms with van der Waals surface area (Å²) in [7, 11) is 3.45. The van der Waals surface area contributed by atoms with Gasteiger partial charge >= 0.3 is 0 Å². The molecule has 68 heavy (non-hydrogen) atoms. The first kappa shape index (κ1) is 44.3. The molecule has 0 fully saturated rings. The van der Waals surface area contributed by atoms with Gasteiger partial charge in [-0.2, -0.15) is 0 Å². The molecule has 0 bridgehead atoms. The third-order valence-corrected chi connectivity index (χ3v) is 13.7. The van der Waals surface area contributed by atoms with Crippen molar-refractivity contribution in [3.8, 4) is 33.8 Å². The van der Waals surface area contributed by atoms with Gasteiger partial charge in [0.1, 0.15) is 11.5 Å². The zero-order chi connectivity index (χ0) is 47.5. The van der Waals surface area contributed by atoms with Gasteiger partial charge in [-0.3, -0.25) is 0 Å². The van der Waals surface area contributed by atoms with Crippen LogP contribution in [0.25, 0.3) is 54.6 Å². The predicted molar refractivity (Wildman–Crippen MR) is 290 cm³/mol. The number of anilines is 6. The molecule has 0 amide bonds. The Morgan fingerprint density at radius 2 is 0.632 bits per heavy atom. The predicted octanol–water partition coefficient (Wildman–Crippen LogP) is 18.1. The van der Waals surface area contributed by atoms with Crippen molar-refractivity contribution < 1.29 is 9.47 Å². The largest absolute Gasteiger partial charge is 0.497 e. The number of hydrogen-bond acceptors (Lipinski definition) is 4. The maximum atomic E-state index is 5.69. The number of rotatable bonds is 10. The van der Waals surface area contributed by atoms with E-state index >= 15 is 0 Å². The van der Waals surface area contributed by atoms with Crippen LogP contribution in [0.1, 0.15) is 63.8 Å². The number of hydrogen-bond donors (Lipinski definition) is 0.